The molecule has 0 aromatic heterocycles. The molecule has 15 heavy (non-hydrogen) atoms. The average molecular weight is 267 g/mol. The van der Waals surface area contributed by atoms with Crippen LogP contribution in [0.15, 0.2) is 33.7 Å². The second-order valence-electron chi connectivity index (χ2n) is 3.85. The summed E-state index contributed by atoms with van der Waals surface area (Å²) in [6, 6.07) is 8.76. The van der Waals surface area contributed by atoms with Crippen molar-refractivity contribution < 1.29 is 0 Å². The minimum absolute atomic E-state index is 0.343. The number of nitrogens with zero attached hydrogens (tertiary/aromatic N) is 1. The number of benzene rings is 1. The molecular weight excluding hydrogens is 252 g/mol. The van der Waals surface area contributed by atoms with Gasteiger partial charge in [-0.05, 0) is 31.0 Å². The quantitative estimate of drug-likeness (QED) is 0.873. The zero-order chi connectivity index (χ0) is 10.7. The Labute approximate surface area is 98.9 Å². The predicted molar refractivity (Wildman–Crippen MR) is 67.2 cm³/mol. The van der Waals surface area contributed by atoms with Crippen LogP contribution < -0.4 is 5.32 Å². The zero-order valence-electron chi connectivity index (χ0n) is 8.83. The molecule has 1 N–H and O–H groups in total. The Balaban J connectivity index is 2.00. The van der Waals surface area contributed by atoms with E-state index in [0.29, 0.717) is 6.04 Å². The molecule has 80 valence electrons. The number of halogens is 1. The second kappa shape index (κ2) is 4.79. The summed E-state index contributed by atoms with van der Waals surface area (Å²) in [5.41, 5.74) is 1.30. The number of aliphatic imine (C=N–C) groups is 1. The third kappa shape index (κ3) is 2.81. The fraction of sp³-hybridized carbons (Fsp3) is 0.417. The highest BCUT2D eigenvalue weighted by atomic mass is 79.9. The molecule has 0 saturated heterocycles. The Morgan fingerprint density at radius 2 is 2.07 bits per heavy atom. The van der Waals surface area contributed by atoms with E-state index in [4.69, 9.17) is 0 Å². The number of hydrogen-bond acceptors (Lipinski definition) is 2. The Morgan fingerprint density at radius 3 is 2.67 bits per heavy atom. The Hall–Kier alpha value is -0.830. The van der Waals surface area contributed by atoms with Gasteiger partial charge in [0.25, 0.3) is 0 Å². The summed E-state index contributed by atoms with van der Waals surface area (Å²) in [7, 11) is 0. The minimum Gasteiger partial charge on any atom is -0.367 e. The molecule has 1 atom stereocenters. The van der Waals surface area contributed by atoms with Gasteiger partial charge in [0.05, 0.1) is 5.84 Å². The van der Waals surface area contributed by atoms with E-state index in [1.165, 1.54) is 12.0 Å². The first kappa shape index (κ1) is 10.7. The first-order valence-electron chi connectivity index (χ1n) is 5.31. The van der Waals surface area contributed by atoms with Crippen molar-refractivity contribution in [2.24, 2.45) is 4.99 Å². The van der Waals surface area contributed by atoms with Crippen LogP contribution in [0.3, 0.4) is 0 Å². The molecule has 1 aromatic rings. The summed E-state index contributed by atoms with van der Waals surface area (Å²) in [6.07, 6.45) is 2.29. The standard InChI is InChI=1S/C12H15BrN2/c1-9(15-12-3-2-8-14-12)10-4-6-11(13)7-5-10/h4-7,9H,2-3,8H2,1H3,(H,14,15)/t9-/m1/s1. The molecule has 0 unspecified atom stereocenters. The van der Waals surface area contributed by atoms with Gasteiger partial charge in [0.2, 0.25) is 0 Å². The Morgan fingerprint density at radius 1 is 1.33 bits per heavy atom. The van der Waals surface area contributed by atoms with Crippen LogP contribution in [0.2, 0.25) is 0 Å². The van der Waals surface area contributed by atoms with Crippen molar-refractivity contribution in [3.05, 3.63) is 34.3 Å². The SMILES string of the molecule is C[C@@H](NC1=NCCC1)c1ccc(Br)cc1. The molecule has 0 radical (unpaired) electrons. The van der Waals surface area contributed by atoms with E-state index < -0.39 is 0 Å². The maximum atomic E-state index is 4.42. The second-order valence-corrected chi connectivity index (χ2v) is 4.77. The van der Waals surface area contributed by atoms with Crippen LogP contribution in [-0.2, 0) is 0 Å². The van der Waals surface area contributed by atoms with Gasteiger partial charge >= 0.3 is 0 Å². The van der Waals surface area contributed by atoms with Gasteiger partial charge in [-0.15, -0.1) is 0 Å². The van der Waals surface area contributed by atoms with Crippen LogP contribution in [0.4, 0.5) is 0 Å². The summed E-state index contributed by atoms with van der Waals surface area (Å²) in [5.74, 6) is 1.16. The van der Waals surface area contributed by atoms with Crippen LogP contribution in [0.1, 0.15) is 31.4 Å². The lowest BCUT2D eigenvalue weighted by atomic mass is 10.1. The van der Waals surface area contributed by atoms with Crippen LogP contribution in [0.5, 0.6) is 0 Å². The third-order valence-corrected chi connectivity index (χ3v) is 3.16. The average Bonchev–Trinajstić information content (AvgIpc) is 2.71. The van der Waals surface area contributed by atoms with Gasteiger partial charge in [0, 0.05) is 23.5 Å². The lowest BCUT2D eigenvalue weighted by Crippen LogP contribution is -2.24. The third-order valence-electron chi connectivity index (χ3n) is 2.63. The maximum Gasteiger partial charge on any atom is 0.0968 e. The van der Waals surface area contributed by atoms with E-state index in [-0.39, 0.29) is 0 Å². The maximum absolute atomic E-state index is 4.42. The monoisotopic (exact) mass is 266 g/mol. The van der Waals surface area contributed by atoms with Gasteiger partial charge in [-0.25, -0.2) is 0 Å². The van der Waals surface area contributed by atoms with Crippen molar-refractivity contribution in [2.75, 3.05) is 6.54 Å². The van der Waals surface area contributed by atoms with Crippen LogP contribution in [0, 0.1) is 0 Å². The lowest BCUT2D eigenvalue weighted by Gasteiger charge is -2.15. The Kier molecular flexibility index (Phi) is 3.41. The van der Waals surface area contributed by atoms with Gasteiger partial charge in [-0.3, -0.25) is 4.99 Å². The number of nitrogens with one attached hydrogen (secondary N) is 1. The predicted octanol–water partition coefficient (Wildman–Crippen LogP) is 3.29. The zero-order valence-corrected chi connectivity index (χ0v) is 10.4. The van der Waals surface area contributed by atoms with E-state index in [1.54, 1.807) is 0 Å². The molecule has 1 aliphatic heterocycles. The van der Waals surface area contributed by atoms with E-state index in [1.807, 2.05) is 0 Å². The van der Waals surface area contributed by atoms with Gasteiger partial charge in [-0.2, -0.15) is 0 Å². The molecule has 0 fully saturated rings. The Bertz CT molecular complexity index is 356. The van der Waals surface area contributed by atoms with Crippen LogP contribution >= 0.6 is 15.9 Å². The number of amidine groups is 1. The van der Waals surface area contributed by atoms with E-state index in [9.17, 15) is 0 Å². The van der Waals surface area contributed by atoms with Crippen molar-refractivity contribution in [2.45, 2.75) is 25.8 Å². The summed E-state index contributed by atoms with van der Waals surface area (Å²) in [5, 5.41) is 3.45. The van der Waals surface area contributed by atoms with Crippen molar-refractivity contribution in [1.29, 1.82) is 0 Å². The smallest absolute Gasteiger partial charge is 0.0968 e. The highest BCUT2D eigenvalue weighted by Crippen LogP contribution is 2.17. The first-order valence-corrected chi connectivity index (χ1v) is 6.10. The summed E-state index contributed by atoms with van der Waals surface area (Å²) >= 11 is 3.44. The normalized spacial score (nSPS) is 17.3. The van der Waals surface area contributed by atoms with Gasteiger partial charge < -0.3 is 5.32 Å². The van der Waals surface area contributed by atoms with E-state index in [2.05, 4.69) is 57.4 Å². The minimum atomic E-state index is 0.343. The molecule has 0 aliphatic carbocycles. The van der Waals surface area contributed by atoms with Crippen LogP contribution in [-0.4, -0.2) is 12.4 Å². The first-order chi connectivity index (χ1) is 7.25. The summed E-state index contributed by atoms with van der Waals surface area (Å²) < 4.78 is 1.12. The molecule has 1 heterocycles. The molecule has 0 saturated carbocycles. The molecular formula is C12H15BrN2. The fourth-order valence-corrected chi connectivity index (χ4v) is 2.01. The van der Waals surface area contributed by atoms with E-state index in [0.717, 1.165) is 23.3 Å². The van der Waals surface area contributed by atoms with E-state index >= 15 is 0 Å². The van der Waals surface area contributed by atoms with Crippen molar-refractivity contribution >= 4 is 21.8 Å². The van der Waals surface area contributed by atoms with Gasteiger partial charge in [0.1, 0.15) is 0 Å². The van der Waals surface area contributed by atoms with Crippen LogP contribution in [0.25, 0.3) is 0 Å². The van der Waals surface area contributed by atoms with Crippen molar-refractivity contribution in [3.8, 4) is 0 Å². The highest BCUT2D eigenvalue weighted by molar-refractivity contribution is 9.10. The molecule has 1 aliphatic rings. The molecule has 3 heteroatoms. The fourth-order valence-electron chi connectivity index (χ4n) is 1.74. The lowest BCUT2D eigenvalue weighted by molar-refractivity contribution is 0.709. The topological polar surface area (TPSA) is 24.4 Å². The highest BCUT2D eigenvalue weighted by Gasteiger charge is 2.10. The molecule has 2 rings (SSSR count). The van der Waals surface area contributed by atoms with Crippen molar-refractivity contribution in [3.63, 3.8) is 0 Å². The molecule has 2 nitrogen and oxygen atoms in total. The molecule has 0 amide bonds. The van der Waals surface area contributed by atoms with Gasteiger partial charge in [-0.1, -0.05) is 28.1 Å². The van der Waals surface area contributed by atoms with Gasteiger partial charge in [0.15, 0.2) is 0 Å². The molecule has 0 spiro atoms. The number of hydrogen-bond donors (Lipinski definition) is 1. The summed E-state index contributed by atoms with van der Waals surface area (Å²) in [4.78, 5) is 4.42. The number of rotatable bonds is 2. The largest absolute Gasteiger partial charge is 0.367 e. The summed E-state index contributed by atoms with van der Waals surface area (Å²) in [6.45, 7) is 3.15. The molecule has 0 bridgehead atoms. The van der Waals surface area contributed by atoms with Crippen molar-refractivity contribution in [1.82, 2.24) is 5.32 Å². The molecule has 1 aromatic carbocycles.